The SMILES string of the molecule is FC(F)(F)C1=C/C=C\CC/C(Cl)=N\1. The van der Waals surface area contributed by atoms with Gasteiger partial charge in [-0.15, -0.1) is 0 Å². The topological polar surface area (TPSA) is 12.4 Å². The molecule has 0 radical (unpaired) electrons. The molecule has 0 bridgehead atoms. The molecule has 0 atom stereocenters. The molecular weight excluding hydrogens is 203 g/mol. The summed E-state index contributed by atoms with van der Waals surface area (Å²) in [7, 11) is 0. The highest BCUT2D eigenvalue weighted by molar-refractivity contribution is 6.65. The molecule has 0 aromatic heterocycles. The molecular formula is C8H7ClF3N. The van der Waals surface area contributed by atoms with E-state index in [1.54, 1.807) is 6.08 Å². The largest absolute Gasteiger partial charge is 0.433 e. The van der Waals surface area contributed by atoms with Crippen LogP contribution in [0.2, 0.25) is 0 Å². The maximum Gasteiger partial charge on any atom is 0.433 e. The van der Waals surface area contributed by atoms with Crippen molar-refractivity contribution in [2.45, 2.75) is 19.0 Å². The molecule has 1 aliphatic heterocycles. The van der Waals surface area contributed by atoms with E-state index in [1.807, 2.05) is 0 Å². The van der Waals surface area contributed by atoms with E-state index in [0.29, 0.717) is 12.8 Å². The van der Waals surface area contributed by atoms with Crippen molar-refractivity contribution in [3.05, 3.63) is 23.9 Å². The van der Waals surface area contributed by atoms with Crippen LogP contribution in [0.1, 0.15) is 12.8 Å². The molecule has 0 saturated heterocycles. The van der Waals surface area contributed by atoms with Crippen LogP contribution >= 0.6 is 11.6 Å². The zero-order valence-corrected chi connectivity index (χ0v) is 7.36. The van der Waals surface area contributed by atoms with Crippen molar-refractivity contribution in [1.29, 1.82) is 0 Å². The number of hydrogen-bond donors (Lipinski definition) is 0. The first-order valence-electron chi connectivity index (χ1n) is 3.67. The second-order valence-electron chi connectivity index (χ2n) is 2.50. The molecule has 13 heavy (non-hydrogen) atoms. The molecule has 1 aliphatic rings. The van der Waals surface area contributed by atoms with Gasteiger partial charge in [0.1, 0.15) is 10.9 Å². The van der Waals surface area contributed by atoms with Crippen molar-refractivity contribution < 1.29 is 13.2 Å². The highest BCUT2D eigenvalue weighted by Crippen LogP contribution is 2.28. The van der Waals surface area contributed by atoms with E-state index in [0.717, 1.165) is 6.08 Å². The van der Waals surface area contributed by atoms with Crippen LogP contribution in [0.5, 0.6) is 0 Å². The number of nitrogens with zero attached hydrogens (tertiary/aromatic N) is 1. The van der Waals surface area contributed by atoms with Crippen molar-refractivity contribution in [3.63, 3.8) is 0 Å². The molecule has 1 heterocycles. The first kappa shape index (κ1) is 10.3. The number of alkyl halides is 3. The van der Waals surface area contributed by atoms with Gasteiger partial charge in [0.05, 0.1) is 0 Å². The number of rotatable bonds is 0. The minimum atomic E-state index is -4.43. The number of aliphatic imine (C=N–C) groups is 1. The maximum absolute atomic E-state index is 12.2. The lowest BCUT2D eigenvalue weighted by Crippen LogP contribution is -2.11. The molecule has 0 aromatic carbocycles. The third-order valence-corrected chi connectivity index (χ3v) is 1.71. The van der Waals surface area contributed by atoms with E-state index in [1.165, 1.54) is 6.08 Å². The maximum atomic E-state index is 12.2. The Morgan fingerprint density at radius 3 is 2.69 bits per heavy atom. The van der Waals surface area contributed by atoms with Gasteiger partial charge in [-0.05, 0) is 12.5 Å². The minimum Gasteiger partial charge on any atom is -0.236 e. The molecule has 0 saturated carbocycles. The number of allylic oxidation sites excluding steroid dienone is 4. The average Bonchev–Trinajstić information content (AvgIpc) is 1.94. The highest BCUT2D eigenvalue weighted by Gasteiger charge is 2.33. The molecule has 0 spiro atoms. The van der Waals surface area contributed by atoms with Gasteiger partial charge >= 0.3 is 6.18 Å². The van der Waals surface area contributed by atoms with Gasteiger partial charge in [-0.2, -0.15) is 13.2 Å². The summed E-state index contributed by atoms with van der Waals surface area (Å²) in [5, 5.41) is -0.00655. The monoisotopic (exact) mass is 209 g/mol. The average molecular weight is 210 g/mol. The van der Waals surface area contributed by atoms with Gasteiger partial charge < -0.3 is 0 Å². The number of hydrogen-bond acceptors (Lipinski definition) is 1. The Bertz CT molecular complexity index is 276. The fraction of sp³-hybridized carbons (Fsp3) is 0.375. The van der Waals surface area contributed by atoms with Crippen LogP contribution < -0.4 is 0 Å². The van der Waals surface area contributed by atoms with E-state index in [4.69, 9.17) is 11.6 Å². The molecule has 0 aliphatic carbocycles. The summed E-state index contributed by atoms with van der Waals surface area (Å²) in [4.78, 5) is 3.27. The molecule has 1 rings (SSSR count). The van der Waals surface area contributed by atoms with Gasteiger partial charge in [0.2, 0.25) is 0 Å². The Morgan fingerprint density at radius 1 is 1.38 bits per heavy atom. The molecule has 0 fully saturated rings. The summed E-state index contributed by atoms with van der Waals surface area (Å²) < 4.78 is 36.5. The van der Waals surface area contributed by atoms with E-state index < -0.39 is 11.9 Å². The predicted molar refractivity (Wildman–Crippen MR) is 45.8 cm³/mol. The standard InChI is InChI=1S/C8H7ClF3N/c9-7-5-3-1-2-4-6(13-7)8(10,11)12/h1-2,4H,3,5H2/b2-1-,6-4-,13-7+. The van der Waals surface area contributed by atoms with Crippen molar-refractivity contribution in [2.24, 2.45) is 4.99 Å². The van der Waals surface area contributed by atoms with Gasteiger partial charge in [-0.3, -0.25) is 0 Å². The third kappa shape index (κ3) is 3.22. The van der Waals surface area contributed by atoms with Crippen LogP contribution in [-0.4, -0.2) is 11.3 Å². The van der Waals surface area contributed by atoms with Crippen molar-refractivity contribution in [3.8, 4) is 0 Å². The van der Waals surface area contributed by atoms with Crippen LogP contribution in [-0.2, 0) is 0 Å². The quantitative estimate of drug-likeness (QED) is 0.580. The van der Waals surface area contributed by atoms with Crippen LogP contribution in [0.15, 0.2) is 28.9 Å². The van der Waals surface area contributed by atoms with E-state index >= 15 is 0 Å². The normalized spacial score (nSPS) is 29.2. The predicted octanol–water partition coefficient (Wildman–Crippen LogP) is 3.42. The first-order valence-corrected chi connectivity index (χ1v) is 4.05. The van der Waals surface area contributed by atoms with Gasteiger partial charge in [-0.1, -0.05) is 23.8 Å². The smallest absolute Gasteiger partial charge is 0.236 e. The molecule has 0 unspecified atom stereocenters. The highest BCUT2D eigenvalue weighted by atomic mass is 35.5. The van der Waals surface area contributed by atoms with Crippen LogP contribution in [0.25, 0.3) is 0 Å². The zero-order chi connectivity index (χ0) is 9.90. The van der Waals surface area contributed by atoms with Crippen LogP contribution in [0.4, 0.5) is 13.2 Å². The second-order valence-corrected chi connectivity index (χ2v) is 2.94. The third-order valence-electron chi connectivity index (χ3n) is 1.44. The Balaban J connectivity index is 2.97. The van der Waals surface area contributed by atoms with Crippen molar-refractivity contribution >= 4 is 16.8 Å². The second kappa shape index (κ2) is 3.96. The van der Waals surface area contributed by atoms with Gasteiger partial charge in [0.25, 0.3) is 0 Å². The Hall–Kier alpha value is -0.770. The summed E-state index contributed by atoms with van der Waals surface area (Å²) in [6.07, 6.45) is 0.428. The summed E-state index contributed by atoms with van der Waals surface area (Å²) in [5.74, 6) is 0. The fourth-order valence-corrected chi connectivity index (χ4v) is 1.04. The van der Waals surface area contributed by atoms with Gasteiger partial charge in [0, 0.05) is 6.42 Å². The lowest BCUT2D eigenvalue weighted by Gasteiger charge is -2.08. The minimum absolute atomic E-state index is 0.00655. The van der Waals surface area contributed by atoms with E-state index in [9.17, 15) is 13.2 Å². The molecule has 0 aromatic rings. The zero-order valence-electron chi connectivity index (χ0n) is 6.61. The molecule has 72 valence electrons. The summed E-state index contributed by atoms with van der Waals surface area (Å²) in [5.41, 5.74) is -0.951. The summed E-state index contributed by atoms with van der Waals surface area (Å²) >= 11 is 5.47. The van der Waals surface area contributed by atoms with Crippen molar-refractivity contribution in [1.82, 2.24) is 0 Å². The first-order chi connectivity index (χ1) is 6.00. The molecule has 0 amide bonds. The summed E-state index contributed by atoms with van der Waals surface area (Å²) in [6, 6.07) is 0. The van der Waals surface area contributed by atoms with E-state index in [2.05, 4.69) is 4.99 Å². The van der Waals surface area contributed by atoms with E-state index in [-0.39, 0.29) is 5.17 Å². The molecule has 1 nitrogen and oxygen atoms in total. The Morgan fingerprint density at radius 2 is 2.08 bits per heavy atom. The molecule has 0 N–H and O–H groups in total. The molecule has 5 heteroatoms. The summed E-state index contributed by atoms with van der Waals surface area (Å²) in [6.45, 7) is 0. The van der Waals surface area contributed by atoms with Gasteiger partial charge in [0.15, 0.2) is 0 Å². The fourth-order valence-electron chi connectivity index (χ4n) is 0.840. The Labute approximate surface area is 78.6 Å². The van der Waals surface area contributed by atoms with Crippen LogP contribution in [0.3, 0.4) is 0 Å². The van der Waals surface area contributed by atoms with Crippen LogP contribution in [0, 0.1) is 0 Å². The lowest BCUT2D eigenvalue weighted by molar-refractivity contribution is -0.0923. The van der Waals surface area contributed by atoms with Crippen molar-refractivity contribution in [2.75, 3.05) is 0 Å². The number of halogens is 4. The van der Waals surface area contributed by atoms with Gasteiger partial charge in [-0.25, -0.2) is 4.99 Å². The lowest BCUT2D eigenvalue weighted by atomic mass is 10.2. The Kier molecular flexibility index (Phi) is 3.14.